The molecule has 0 unspecified atom stereocenters. The van der Waals surface area contributed by atoms with Gasteiger partial charge in [0.2, 0.25) is 0 Å². The van der Waals surface area contributed by atoms with Crippen LogP contribution in [0.5, 0.6) is 11.5 Å². The number of carbonyl (C=O) groups excluding carboxylic acids is 3. The predicted molar refractivity (Wildman–Crippen MR) is 179 cm³/mol. The Kier molecular flexibility index (Phi) is 13.7. The van der Waals surface area contributed by atoms with Crippen LogP contribution in [0.4, 0.5) is 13.2 Å². The molecule has 0 saturated carbocycles. The number of ether oxygens (including phenoxy) is 3. The lowest BCUT2D eigenvalue weighted by molar-refractivity contribution is -0.344. The van der Waals surface area contributed by atoms with Gasteiger partial charge in [-0.2, -0.15) is 13.2 Å². The Balaban J connectivity index is 0.000000872. The first-order valence-electron chi connectivity index (χ1n) is 15.0. The van der Waals surface area contributed by atoms with Gasteiger partial charge < -0.3 is 29.4 Å². The van der Waals surface area contributed by atoms with Gasteiger partial charge >= 0.3 is 12.1 Å². The molecule has 1 amide bonds. The molecule has 262 valence electrons. The minimum Gasteiger partial charge on any atom is -0.542 e. The van der Waals surface area contributed by atoms with E-state index in [4.69, 9.17) is 35.3 Å². The first-order chi connectivity index (χ1) is 23.8. The molecule has 4 aromatic rings. The maximum absolute atomic E-state index is 13.6. The number of amidine groups is 1. The summed E-state index contributed by atoms with van der Waals surface area (Å²) in [5.74, 6) is -3.01. The third kappa shape index (κ3) is 11.0. The fraction of sp³-hybridized carbons (Fsp3) is 0.189. The van der Waals surface area contributed by atoms with Crippen LogP contribution in [-0.2, 0) is 20.7 Å². The third-order valence-corrected chi connectivity index (χ3v) is 7.34. The molecule has 50 heavy (non-hydrogen) atoms. The van der Waals surface area contributed by atoms with E-state index in [0.29, 0.717) is 22.6 Å². The molecule has 4 rings (SSSR count). The normalized spacial score (nSPS) is 12.1. The Labute approximate surface area is 286 Å². The maximum atomic E-state index is 13.6. The number of hydrogen-bond acceptors (Lipinski definition) is 7. The molecule has 10 nitrogen and oxygen atoms in total. The zero-order chi connectivity index (χ0) is 36.8. The summed E-state index contributed by atoms with van der Waals surface area (Å²) in [5, 5.41) is 17.6. The Bertz CT molecular complexity index is 1810. The van der Waals surface area contributed by atoms with E-state index in [1.54, 1.807) is 32.4 Å². The van der Waals surface area contributed by atoms with E-state index < -0.39 is 30.1 Å². The summed E-state index contributed by atoms with van der Waals surface area (Å²) in [7, 11) is 4.53. The monoisotopic (exact) mass is 691 g/mol. The second kappa shape index (κ2) is 17.9. The summed E-state index contributed by atoms with van der Waals surface area (Å²) >= 11 is 0. The molecule has 0 aliphatic heterocycles. The molecular weight excluding hydrogens is 655 g/mol. The van der Waals surface area contributed by atoms with Crippen LogP contribution in [0.25, 0.3) is 17.2 Å². The Morgan fingerprint density at radius 1 is 0.880 bits per heavy atom. The van der Waals surface area contributed by atoms with Crippen LogP contribution >= 0.6 is 0 Å². The van der Waals surface area contributed by atoms with Crippen molar-refractivity contribution in [2.75, 3.05) is 21.3 Å². The van der Waals surface area contributed by atoms with E-state index in [-0.39, 0.29) is 18.2 Å². The summed E-state index contributed by atoms with van der Waals surface area (Å²) in [6.45, 7) is 0. The van der Waals surface area contributed by atoms with Crippen LogP contribution in [0.2, 0.25) is 0 Å². The molecule has 0 saturated heterocycles. The number of halogens is 3. The summed E-state index contributed by atoms with van der Waals surface area (Å²) in [4.78, 5) is 35.5. The fourth-order valence-electron chi connectivity index (χ4n) is 4.77. The molecule has 0 spiro atoms. The van der Waals surface area contributed by atoms with Crippen LogP contribution < -0.4 is 31.0 Å². The molecule has 0 aliphatic rings. The quantitative estimate of drug-likeness (QED) is 0.116. The number of amides is 1. The molecule has 0 fully saturated rings. The highest BCUT2D eigenvalue weighted by Crippen LogP contribution is 2.33. The van der Waals surface area contributed by atoms with E-state index >= 15 is 0 Å². The smallest absolute Gasteiger partial charge is 0.430 e. The van der Waals surface area contributed by atoms with Crippen molar-refractivity contribution in [1.82, 2.24) is 5.32 Å². The summed E-state index contributed by atoms with van der Waals surface area (Å²) in [6.07, 6.45) is -1.21. The Hall–Kier alpha value is -6.11. The average molecular weight is 692 g/mol. The number of nitrogens with two attached hydrogens (primary N) is 2. The summed E-state index contributed by atoms with van der Waals surface area (Å²) in [5.41, 5.74) is 10.4. The van der Waals surface area contributed by atoms with Crippen molar-refractivity contribution in [3.8, 4) is 22.6 Å². The van der Waals surface area contributed by atoms with Crippen molar-refractivity contribution in [3.05, 3.63) is 125 Å². The number of methoxy groups -OCH3 is 3. The lowest BCUT2D eigenvalue weighted by Crippen LogP contribution is -2.46. The topological polar surface area (TPSA) is 166 Å². The van der Waals surface area contributed by atoms with Gasteiger partial charge in [-0.05, 0) is 59.5 Å². The standard InChI is InChI=1S/C35H35N3O5.C2HF3O2/c1-41-28-17-18-29(32(22-28)42-2)25-13-15-26(16-14-25)34(39)38-31(19-12-23-8-5-4-6-9-23)30(35(40)43-3)21-24-10-7-11-27(20-24)33(36)37;3-2(4,5)1(6)7/h4-20,22,30-31H,21H2,1-3H3,(H3,36,37)(H,38,39);(H,6,7)/b19-12+;/t30-,31-;/m1./s1. The van der Waals surface area contributed by atoms with Gasteiger partial charge in [0.15, 0.2) is 0 Å². The molecule has 13 heteroatoms. The minimum atomic E-state index is -5.19. The lowest BCUT2D eigenvalue weighted by Gasteiger charge is -2.24. The number of benzene rings is 4. The summed E-state index contributed by atoms with van der Waals surface area (Å²) < 4.78 is 47.6. The van der Waals surface area contributed by atoms with Crippen molar-refractivity contribution in [2.24, 2.45) is 11.7 Å². The lowest BCUT2D eigenvalue weighted by atomic mass is 9.90. The number of esters is 1. The van der Waals surface area contributed by atoms with Crippen LogP contribution in [-0.4, -0.2) is 57.2 Å². The van der Waals surface area contributed by atoms with E-state index in [1.165, 1.54) is 7.11 Å². The van der Waals surface area contributed by atoms with E-state index in [2.05, 4.69) is 5.32 Å². The van der Waals surface area contributed by atoms with Gasteiger partial charge in [-0.25, -0.2) is 0 Å². The zero-order valence-electron chi connectivity index (χ0n) is 27.4. The number of carboxylic acid groups (broad SMARTS) is 1. The van der Waals surface area contributed by atoms with Gasteiger partial charge in [0.25, 0.3) is 11.7 Å². The molecule has 0 heterocycles. The number of hydrogen-bond donors (Lipinski definition) is 3. The zero-order valence-corrected chi connectivity index (χ0v) is 27.4. The number of alkyl halides is 3. The Morgan fingerprint density at radius 3 is 2.10 bits per heavy atom. The van der Waals surface area contributed by atoms with Crippen molar-refractivity contribution in [2.45, 2.75) is 18.6 Å². The highest BCUT2D eigenvalue weighted by Gasteiger charge is 2.30. The van der Waals surface area contributed by atoms with Crippen molar-refractivity contribution < 1.29 is 52.3 Å². The van der Waals surface area contributed by atoms with Crippen molar-refractivity contribution in [3.63, 3.8) is 0 Å². The molecule has 0 radical (unpaired) electrons. The van der Waals surface area contributed by atoms with Gasteiger partial charge in [0.05, 0.1) is 38.9 Å². The van der Waals surface area contributed by atoms with Crippen LogP contribution in [0.15, 0.2) is 103 Å². The van der Waals surface area contributed by atoms with Gasteiger partial charge in [-0.3, -0.25) is 20.7 Å². The first-order valence-corrected chi connectivity index (χ1v) is 15.0. The van der Waals surface area contributed by atoms with E-state index in [0.717, 1.165) is 22.3 Å². The molecule has 0 bridgehead atoms. The molecular formula is C37H36F3N3O7. The minimum absolute atomic E-state index is 0.181. The predicted octanol–water partition coefficient (Wildman–Crippen LogP) is 2.98. The van der Waals surface area contributed by atoms with E-state index in [1.807, 2.05) is 91.0 Å². The second-order valence-corrected chi connectivity index (χ2v) is 10.7. The number of rotatable bonds is 12. The van der Waals surface area contributed by atoms with Crippen molar-refractivity contribution in [1.29, 1.82) is 0 Å². The number of aliphatic carboxylic acids is 1. The number of nitrogens with one attached hydrogen (secondary N) is 1. The van der Waals surface area contributed by atoms with Gasteiger partial charge in [-0.15, -0.1) is 0 Å². The van der Waals surface area contributed by atoms with Gasteiger partial charge in [-0.1, -0.05) is 66.7 Å². The molecule has 4 aromatic carbocycles. The summed E-state index contributed by atoms with van der Waals surface area (Å²) in [6, 6.07) is 29.0. The third-order valence-electron chi connectivity index (χ3n) is 7.34. The van der Waals surface area contributed by atoms with Gasteiger partial charge in [0, 0.05) is 17.2 Å². The van der Waals surface area contributed by atoms with Gasteiger partial charge in [0.1, 0.15) is 17.5 Å². The van der Waals surface area contributed by atoms with Crippen LogP contribution in [0, 0.1) is 5.92 Å². The van der Waals surface area contributed by atoms with Crippen LogP contribution in [0.3, 0.4) is 0 Å². The highest BCUT2D eigenvalue weighted by atomic mass is 19.4. The molecule has 5 N–H and O–H groups in total. The molecule has 0 aliphatic carbocycles. The highest BCUT2D eigenvalue weighted by molar-refractivity contribution is 5.96. The van der Waals surface area contributed by atoms with Crippen molar-refractivity contribution >= 4 is 29.8 Å². The van der Waals surface area contributed by atoms with Crippen LogP contribution in [0.1, 0.15) is 27.0 Å². The maximum Gasteiger partial charge on any atom is 0.430 e. The molecule has 2 atom stereocenters. The van der Waals surface area contributed by atoms with E-state index in [9.17, 15) is 22.8 Å². The number of carboxylic acids is 1. The SMILES string of the molecule is COC(=O)[C@H](Cc1cccc(C(N)=[NH2+])c1)[C@@H](/C=C/c1ccccc1)NC(=O)c1ccc(-c2ccc(OC)cc2OC)cc1.O=C([O-])C(F)(F)F. The first kappa shape index (κ1) is 38.3. The fourth-order valence-corrected chi connectivity index (χ4v) is 4.77. The molecule has 0 aromatic heterocycles. The number of carbonyl (C=O) groups is 3. The average Bonchev–Trinajstić information content (AvgIpc) is 3.12. The largest absolute Gasteiger partial charge is 0.542 e. The second-order valence-electron chi connectivity index (χ2n) is 10.7. The Morgan fingerprint density at radius 2 is 1.54 bits per heavy atom.